The summed E-state index contributed by atoms with van der Waals surface area (Å²) in [5.74, 6) is -2.07. The molecule has 0 spiro atoms. The molecule has 0 bridgehead atoms. The van der Waals surface area contributed by atoms with Crippen molar-refractivity contribution in [3.05, 3.63) is 29.3 Å². The van der Waals surface area contributed by atoms with Gasteiger partial charge in [0.05, 0.1) is 11.8 Å². The quantitative estimate of drug-likeness (QED) is 0.260. The number of rotatable bonds is 2. The smallest absolute Gasteiger partial charge is 0.423 e. The number of hydrogen-bond donors (Lipinski definition) is 3. The fourth-order valence-corrected chi connectivity index (χ4v) is 0.934. The van der Waals surface area contributed by atoms with Crippen LogP contribution in [0.3, 0.4) is 0 Å². The predicted octanol–water partition coefficient (Wildman–Crippen LogP) is -0.547. The maximum atomic E-state index is 13.0. The summed E-state index contributed by atoms with van der Waals surface area (Å²) in [7, 11) is -1.95. The van der Waals surface area contributed by atoms with Gasteiger partial charge in [0.15, 0.2) is 0 Å². The Balaban J connectivity index is 3.25. The average Bonchev–Trinajstić information content (AvgIpc) is 2.10. The molecule has 7 heteroatoms. The lowest BCUT2D eigenvalue weighted by Crippen LogP contribution is -2.31. The lowest BCUT2D eigenvalue weighted by atomic mass is 9.80. The first-order valence-electron chi connectivity index (χ1n) is 3.58. The standard InChI is InChI=1S/C7H6BF2NO3/c9-6-1-4(8(12)13)2-7(10)5(6)3-11-14/h1-3,12-14H/b11-3+. The van der Waals surface area contributed by atoms with Crippen LogP contribution in [0.15, 0.2) is 17.3 Å². The van der Waals surface area contributed by atoms with Gasteiger partial charge < -0.3 is 15.3 Å². The van der Waals surface area contributed by atoms with Gasteiger partial charge in [0.25, 0.3) is 0 Å². The second-order valence-electron chi connectivity index (χ2n) is 2.52. The summed E-state index contributed by atoms with van der Waals surface area (Å²) in [6.07, 6.45) is 0.582. The van der Waals surface area contributed by atoms with Crippen LogP contribution >= 0.6 is 0 Å². The summed E-state index contributed by atoms with van der Waals surface area (Å²) in [5, 5.41) is 27.8. The topological polar surface area (TPSA) is 73.1 Å². The molecule has 0 fully saturated rings. The maximum absolute atomic E-state index is 13.0. The van der Waals surface area contributed by atoms with Crippen LogP contribution in [0.1, 0.15) is 5.56 Å². The van der Waals surface area contributed by atoms with Gasteiger partial charge in [0.1, 0.15) is 11.6 Å². The zero-order valence-corrected chi connectivity index (χ0v) is 6.85. The van der Waals surface area contributed by atoms with Crippen LogP contribution in [0, 0.1) is 11.6 Å². The van der Waals surface area contributed by atoms with E-state index in [4.69, 9.17) is 15.3 Å². The molecule has 14 heavy (non-hydrogen) atoms. The van der Waals surface area contributed by atoms with E-state index in [1.54, 1.807) is 0 Å². The van der Waals surface area contributed by atoms with Crippen molar-refractivity contribution in [2.24, 2.45) is 5.16 Å². The molecule has 74 valence electrons. The third-order valence-electron chi connectivity index (χ3n) is 1.59. The molecule has 0 saturated heterocycles. The van der Waals surface area contributed by atoms with Crippen LogP contribution in [-0.2, 0) is 0 Å². The van der Waals surface area contributed by atoms with E-state index >= 15 is 0 Å². The number of halogens is 2. The van der Waals surface area contributed by atoms with Crippen molar-refractivity contribution in [1.82, 2.24) is 0 Å². The SMILES string of the molecule is O/N=C/c1c(F)cc(B(O)O)cc1F. The Morgan fingerprint density at radius 2 is 1.71 bits per heavy atom. The number of nitrogens with zero attached hydrogens (tertiary/aromatic N) is 1. The fourth-order valence-electron chi connectivity index (χ4n) is 0.934. The molecule has 1 rings (SSSR count). The van der Waals surface area contributed by atoms with Crippen molar-refractivity contribution in [3.63, 3.8) is 0 Å². The Morgan fingerprint density at radius 3 is 2.07 bits per heavy atom. The molecule has 0 heterocycles. The molecule has 3 N–H and O–H groups in total. The molecule has 0 aliphatic rings. The zero-order chi connectivity index (χ0) is 10.7. The van der Waals surface area contributed by atoms with Gasteiger partial charge in [-0.3, -0.25) is 0 Å². The number of benzene rings is 1. The molecule has 0 atom stereocenters. The van der Waals surface area contributed by atoms with Gasteiger partial charge in [-0.15, -0.1) is 0 Å². The van der Waals surface area contributed by atoms with E-state index in [1.165, 1.54) is 0 Å². The highest BCUT2D eigenvalue weighted by atomic mass is 19.1. The highest BCUT2D eigenvalue weighted by Crippen LogP contribution is 2.08. The summed E-state index contributed by atoms with van der Waals surface area (Å²) in [4.78, 5) is 0. The largest absolute Gasteiger partial charge is 0.488 e. The van der Waals surface area contributed by atoms with E-state index in [9.17, 15) is 8.78 Å². The van der Waals surface area contributed by atoms with Gasteiger partial charge >= 0.3 is 7.12 Å². The Hall–Kier alpha value is -1.47. The fraction of sp³-hybridized carbons (Fsp3) is 0. The maximum Gasteiger partial charge on any atom is 0.488 e. The van der Waals surface area contributed by atoms with Crippen LogP contribution in [0.5, 0.6) is 0 Å². The Labute approximate surface area is 78.3 Å². The van der Waals surface area contributed by atoms with Crippen molar-refractivity contribution in [3.8, 4) is 0 Å². The summed E-state index contributed by atoms with van der Waals surface area (Å²) in [6, 6.07) is 1.48. The Bertz CT molecular complexity index is 347. The van der Waals surface area contributed by atoms with Crippen molar-refractivity contribution < 1.29 is 24.0 Å². The number of oxime groups is 1. The Kier molecular flexibility index (Phi) is 3.16. The second-order valence-corrected chi connectivity index (χ2v) is 2.52. The highest BCUT2D eigenvalue weighted by Gasteiger charge is 2.16. The van der Waals surface area contributed by atoms with E-state index < -0.39 is 24.3 Å². The summed E-state index contributed by atoms with van der Waals surface area (Å²) in [5.41, 5.74) is -0.855. The minimum absolute atomic E-state index is 0.310. The summed E-state index contributed by atoms with van der Waals surface area (Å²) in [6.45, 7) is 0. The van der Waals surface area contributed by atoms with Crippen LogP contribution in [-0.4, -0.2) is 28.6 Å². The summed E-state index contributed by atoms with van der Waals surface area (Å²) >= 11 is 0. The minimum Gasteiger partial charge on any atom is -0.423 e. The van der Waals surface area contributed by atoms with Gasteiger partial charge in [0.2, 0.25) is 0 Å². The molecule has 0 unspecified atom stereocenters. The van der Waals surface area contributed by atoms with Gasteiger partial charge in [-0.05, 0) is 17.6 Å². The van der Waals surface area contributed by atoms with Crippen LogP contribution in [0.2, 0.25) is 0 Å². The first-order valence-corrected chi connectivity index (χ1v) is 3.58. The van der Waals surface area contributed by atoms with Crippen LogP contribution in [0.4, 0.5) is 8.78 Å². The second kappa shape index (κ2) is 4.16. The number of hydrogen-bond acceptors (Lipinski definition) is 4. The molecule has 0 aromatic heterocycles. The van der Waals surface area contributed by atoms with Crippen LogP contribution in [0.25, 0.3) is 0 Å². The third kappa shape index (κ3) is 2.07. The predicted molar refractivity (Wildman–Crippen MR) is 45.6 cm³/mol. The molecule has 0 aliphatic carbocycles. The molecule has 0 amide bonds. The molecular formula is C7H6BF2NO3. The zero-order valence-electron chi connectivity index (χ0n) is 6.85. The van der Waals surface area contributed by atoms with E-state index in [0.717, 1.165) is 12.1 Å². The molecular weight excluding hydrogens is 195 g/mol. The first kappa shape index (κ1) is 10.6. The minimum atomic E-state index is -1.95. The van der Waals surface area contributed by atoms with E-state index in [2.05, 4.69) is 5.16 Å². The van der Waals surface area contributed by atoms with Crippen LogP contribution < -0.4 is 5.46 Å². The molecule has 0 radical (unpaired) electrons. The van der Waals surface area contributed by atoms with Crippen molar-refractivity contribution in [1.29, 1.82) is 0 Å². The van der Waals surface area contributed by atoms with Gasteiger partial charge in [-0.25, -0.2) is 8.78 Å². The van der Waals surface area contributed by atoms with Gasteiger partial charge in [-0.2, -0.15) is 0 Å². The van der Waals surface area contributed by atoms with Gasteiger partial charge in [0, 0.05) is 0 Å². The average molecular weight is 201 g/mol. The Morgan fingerprint density at radius 1 is 1.21 bits per heavy atom. The third-order valence-corrected chi connectivity index (χ3v) is 1.59. The summed E-state index contributed by atoms with van der Waals surface area (Å²) < 4.78 is 26.0. The van der Waals surface area contributed by atoms with Crippen molar-refractivity contribution >= 4 is 18.8 Å². The molecule has 4 nitrogen and oxygen atoms in total. The lowest BCUT2D eigenvalue weighted by Gasteiger charge is -2.03. The van der Waals surface area contributed by atoms with Crippen molar-refractivity contribution in [2.45, 2.75) is 0 Å². The lowest BCUT2D eigenvalue weighted by molar-refractivity contribution is 0.321. The van der Waals surface area contributed by atoms with Crippen molar-refractivity contribution in [2.75, 3.05) is 0 Å². The monoisotopic (exact) mass is 201 g/mol. The van der Waals surface area contributed by atoms with E-state index in [-0.39, 0.29) is 5.46 Å². The molecule has 0 saturated carbocycles. The van der Waals surface area contributed by atoms with Gasteiger partial charge in [-0.1, -0.05) is 5.16 Å². The molecule has 1 aromatic carbocycles. The molecule has 1 aromatic rings. The highest BCUT2D eigenvalue weighted by molar-refractivity contribution is 6.58. The molecule has 0 aliphatic heterocycles. The van der Waals surface area contributed by atoms with E-state index in [1.807, 2.05) is 0 Å². The normalized spacial score (nSPS) is 10.9. The first-order chi connectivity index (χ1) is 6.56. The van der Waals surface area contributed by atoms with E-state index in [0.29, 0.717) is 6.21 Å².